The van der Waals surface area contributed by atoms with E-state index in [0.717, 1.165) is 0 Å². The van der Waals surface area contributed by atoms with Gasteiger partial charge in [-0.3, -0.25) is 0 Å². The summed E-state index contributed by atoms with van der Waals surface area (Å²) in [7, 11) is 0. The average molecular weight is 422 g/mol. The molecule has 0 saturated heterocycles. The minimum atomic E-state index is 1.18. The maximum Gasteiger partial charge on any atom is 0.0419 e. The molecular weight excluding hydrogens is 374 g/mol. The first-order valence-electron chi connectivity index (χ1n) is 13.2. The van der Waals surface area contributed by atoms with Crippen LogP contribution in [-0.2, 0) is 19.3 Å². The first-order valence-corrected chi connectivity index (χ1v) is 13.2. The zero-order chi connectivity index (χ0) is 22.2. The summed E-state index contributed by atoms with van der Waals surface area (Å²) in [5.41, 5.74) is 6.98. The third kappa shape index (κ3) is 10.4. The van der Waals surface area contributed by atoms with Crippen LogP contribution in [0.2, 0.25) is 0 Å². The molecule has 1 nitrogen and oxygen atoms in total. The minimum Gasteiger partial charge on any atom is -0.355 e. The molecule has 0 aromatic heterocycles. The number of anilines is 2. The molecule has 0 saturated carbocycles. The normalized spacial score (nSPS) is 11.1. The van der Waals surface area contributed by atoms with Crippen LogP contribution in [0.5, 0.6) is 0 Å². The molecule has 0 aliphatic heterocycles. The van der Waals surface area contributed by atoms with Gasteiger partial charge in [-0.1, -0.05) is 103 Å². The quantitative estimate of drug-likeness (QED) is 0.251. The lowest BCUT2D eigenvalue weighted by Crippen LogP contribution is -1.99. The van der Waals surface area contributed by atoms with Gasteiger partial charge in [0.05, 0.1) is 0 Å². The van der Waals surface area contributed by atoms with Crippen LogP contribution in [0.25, 0.3) is 0 Å². The molecule has 1 N–H and O–H groups in total. The highest BCUT2D eigenvalue weighted by atomic mass is 14.9. The van der Waals surface area contributed by atoms with Crippen LogP contribution in [0.4, 0.5) is 11.4 Å². The van der Waals surface area contributed by atoms with Gasteiger partial charge in [0.2, 0.25) is 0 Å². The largest absolute Gasteiger partial charge is 0.355 e. The summed E-state index contributed by atoms with van der Waals surface area (Å²) in [5, 5.41) is 3.80. The summed E-state index contributed by atoms with van der Waals surface area (Å²) in [6.07, 6.45) is 19.4. The summed E-state index contributed by atoms with van der Waals surface area (Å²) >= 11 is 0. The standard InChI is InChI=1S/C30H47N/c1-4-7-10-13-17-26-19-16-21-29(24-26)31-30-25-27(18-14-11-8-5-2)22-23-28(30)20-15-12-9-6-3/h16,19,21-25,31H,4-15,17-18,20H2,1-3H3. The highest BCUT2D eigenvalue weighted by molar-refractivity contribution is 5.64. The predicted octanol–water partition coefficient (Wildman–Crippen LogP) is 9.80. The summed E-state index contributed by atoms with van der Waals surface area (Å²) in [4.78, 5) is 0. The van der Waals surface area contributed by atoms with Crippen LogP contribution in [0.3, 0.4) is 0 Å². The zero-order valence-electron chi connectivity index (χ0n) is 20.6. The number of benzene rings is 2. The molecule has 0 aliphatic carbocycles. The highest BCUT2D eigenvalue weighted by Crippen LogP contribution is 2.26. The smallest absolute Gasteiger partial charge is 0.0419 e. The van der Waals surface area contributed by atoms with E-state index in [1.165, 1.54) is 124 Å². The number of hydrogen-bond donors (Lipinski definition) is 1. The Hall–Kier alpha value is -1.76. The van der Waals surface area contributed by atoms with Gasteiger partial charge in [0.1, 0.15) is 0 Å². The molecule has 0 aliphatic rings. The summed E-state index contributed by atoms with van der Waals surface area (Å²) < 4.78 is 0. The van der Waals surface area contributed by atoms with E-state index < -0.39 is 0 Å². The minimum absolute atomic E-state index is 1.18. The summed E-state index contributed by atoms with van der Waals surface area (Å²) in [5.74, 6) is 0. The van der Waals surface area contributed by atoms with E-state index in [-0.39, 0.29) is 0 Å². The number of rotatable bonds is 17. The van der Waals surface area contributed by atoms with Crippen molar-refractivity contribution in [3.05, 3.63) is 59.2 Å². The van der Waals surface area contributed by atoms with Crippen LogP contribution >= 0.6 is 0 Å². The molecule has 0 spiro atoms. The van der Waals surface area contributed by atoms with Gasteiger partial charge in [0, 0.05) is 11.4 Å². The van der Waals surface area contributed by atoms with Gasteiger partial charge in [-0.15, -0.1) is 0 Å². The van der Waals surface area contributed by atoms with Crippen molar-refractivity contribution in [3.8, 4) is 0 Å². The molecule has 0 radical (unpaired) electrons. The number of hydrogen-bond acceptors (Lipinski definition) is 1. The average Bonchev–Trinajstić information content (AvgIpc) is 2.79. The molecule has 0 atom stereocenters. The van der Waals surface area contributed by atoms with Gasteiger partial charge >= 0.3 is 0 Å². The van der Waals surface area contributed by atoms with Crippen molar-refractivity contribution in [2.45, 2.75) is 117 Å². The van der Waals surface area contributed by atoms with Crippen molar-refractivity contribution in [1.82, 2.24) is 0 Å². The summed E-state index contributed by atoms with van der Waals surface area (Å²) in [6, 6.07) is 16.3. The third-order valence-corrected chi connectivity index (χ3v) is 6.32. The zero-order valence-corrected chi connectivity index (χ0v) is 20.6. The Morgan fingerprint density at radius 3 is 1.74 bits per heavy atom. The molecule has 0 fully saturated rings. The van der Waals surface area contributed by atoms with Crippen LogP contribution in [0, 0.1) is 0 Å². The number of unbranched alkanes of at least 4 members (excludes halogenated alkanes) is 9. The molecule has 1 heteroatoms. The van der Waals surface area contributed by atoms with Crippen molar-refractivity contribution in [2.24, 2.45) is 0 Å². The molecule has 0 unspecified atom stereocenters. The predicted molar refractivity (Wildman–Crippen MR) is 140 cm³/mol. The van der Waals surface area contributed by atoms with E-state index in [1.807, 2.05) is 0 Å². The van der Waals surface area contributed by atoms with Crippen molar-refractivity contribution < 1.29 is 0 Å². The fourth-order valence-electron chi connectivity index (χ4n) is 4.33. The molecule has 31 heavy (non-hydrogen) atoms. The fraction of sp³-hybridized carbons (Fsp3) is 0.600. The Balaban J connectivity index is 2.07. The van der Waals surface area contributed by atoms with Crippen molar-refractivity contribution in [3.63, 3.8) is 0 Å². The molecule has 0 bridgehead atoms. The lowest BCUT2D eigenvalue weighted by atomic mass is 9.99. The maximum absolute atomic E-state index is 3.80. The van der Waals surface area contributed by atoms with E-state index in [2.05, 4.69) is 68.6 Å². The molecule has 0 heterocycles. The second-order valence-electron chi connectivity index (χ2n) is 9.25. The fourth-order valence-corrected chi connectivity index (χ4v) is 4.33. The summed E-state index contributed by atoms with van der Waals surface area (Å²) in [6.45, 7) is 6.85. The number of nitrogens with one attached hydrogen (secondary N) is 1. The first-order chi connectivity index (χ1) is 15.3. The Labute approximate surface area is 193 Å². The third-order valence-electron chi connectivity index (χ3n) is 6.32. The van der Waals surface area contributed by atoms with Gasteiger partial charge in [0.25, 0.3) is 0 Å². The maximum atomic E-state index is 3.80. The van der Waals surface area contributed by atoms with Crippen molar-refractivity contribution in [2.75, 3.05) is 5.32 Å². The van der Waals surface area contributed by atoms with Crippen molar-refractivity contribution >= 4 is 11.4 Å². The molecule has 0 amide bonds. The number of aryl methyl sites for hydroxylation is 3. The Kier molecular flexibility index (Phi) is 13.1. The Morgan fingerprint density at radius 2 is 1.13 bits per heavy atom. The van der Waals surface area contributed by atoms with Crippen LogP contribution < -0.4 is 5.32 Å². The first kappa shape index (κ1) is 25.5. The SMILES string of the molecule is CCCCCCc1cccc(Nc2cc(CCCCCC)ccc2CCCCCC)c1. The van der Waals surface area contributed by atoms with Gasteiger partial charge in [-0.2, -0.15) is 0 Å². The monoisotopic (exact) mass is 421 g/mol. The Morgan fingerprint density at radius 1 is 0.548 bits per heavy atom. The van der Waals surface area contributed by atoms with E-state index in [4.69, 9.17) is 0 Å². The van der Waals surface area contributed by atoms with E-state index >= 15 is 0 Å². The second kappa shape index (κ2) is 16.0. The van der Waals surface area contributed by atoms with E-state index in [0.29, 0.717) is 0 Å². The second-order valence-corrected chi connectivity index (χ2v) is 9.25. The molecule has 2 aromatic rings. The van der Waals surface area contributed by atoms with Gasteiger partial charge in [0.15, 0.2) is 0 Å². The topological polar surface area (TPSA) is 12.0 Å². The van der Waals surface area contributed by atoms with E-state index in [9.17, 15) is 0 Å². The van der Waals surface area contributed by atoms with Gasteiger partial charge < -0.3 is 5.32 Å². The molecule has 2 rings (SSSR count). The van der Waals surface area contributed by atoms with E-state index in [1.54, 1.807) is 0 Å². The van der Waals surface area contributed by atoms with Gasteiger partial charge in [-0.25, -0.2) is 0 Å². The lowest BCUT2D eigenvalue weighted by molar-refractivity contribution is 0.664. The van der Waals surface area contributed by atoms with Crippen molar-refractivity contribution in [1.29, 1.82) is 0 Å². The van der Waals surface area contributed by atoms with Crippen LogP contribution in [0.15, 0.2) is 42.5 Å². The highest BCUT2D eigenvalue weighted by Gasteiger charge is 2.06. The Bertz CT molecular complexity index is 718. The molecule has 172 valence electrons. The van der Waals surface area contributed by atoms with Crippen LogP contribution in [0.1, 0.15) is 115 Å². The molecular formula is C30H47N. The lowest BCUT2D eigenvalue weighted by Gasteiger charge is -2.15. The van der Waals surface area contributed by atoms with Gasteiger partial charge in [-0.05, 0) is 73.4 Å². The molecule has 2 aromatic carbocycles. The van der Waals surface area contributed by atoms with Crippen LogP contribution in [-0.4, -0.2) is 0 Å².